The Morgan fingerprint density at radius 2 is 1.81 bits per heavy atom. The topological polar surface area (TPSA) is 66.5 Å². The van der Waals surface area contributed by atoms with Crippen LogP contribution in [0, 0.1) is 12.8 Å². The molecule has 0 atom stereocenters. The number of halogens is 1. The highest BCUT2D eigenvalue weighted by Gasteiger charge is 2.28. The number of rotatable bonds is 7. The van der Waals surface area contributed by atoms with Crippen molar-refractivity contribution in [3.63, 3.8) is 0 Å². The number of hydrogen-bond donors (Lipinski definition) is 1. The molecule has 0 unspecified atom stereocenters. The maximum Gasteiger partial charge on any atom is 0.264 e. The fourth-order valence-electron chi connectivity index (χ4n) is 2.42. The molecule has 2 rings (SSSR count). The first kappa shape index (κ1) is 20.3. The lowest BCUT2D eigenvalue weighted by Crippen LogP contribution is -2.42. The number of amides is 1. The van der Waals surface area contributed by atoms with Gasteiger partial charge in [0.25, 0.3) is 10.0 Å². The molecule has 26 heavy (non-hydrogen) atoms. The van der Waals surface area contributed by atoms with Crippen LogP contribution in [0.15, 0.2) is 53.4 Å². The molecule has 0 saturated heterocycles. The summed E-state index contributed by atoms with van der Waals surface area (Å²) in [7, 11) is -3.89. The number of aryl methyl sites for hydroxylation is 1. The Labute approximate surface area is 160 Å². The summed E-state index contributed by atoms with van der Waals surface area (Å²) in [6.45, 7) is 5.90. The molecular weight excluding hydrogens is 372 g/mol. The van der Waals surface area contributed by atoms with Crippen molar-refractivity contribution in [3.05, 3.63) is 59.1 Å². The molecule has 0 aliphatic rings. The van der Waals surface area contributed by atoms with Gasteiger partial charge in [-0.05, 0) is 48.7 Å². The van der Waals surface area contributed by atoms with Gasteiger partial charge in [-0.3, -0.25) is 9.10 Å². The number of nitrogens with one attached hydrogen (secondary N) is 1. The lowest BCUT2D eigenvalue weighted by Gasteiger charge is -2.26. The molecule has 0 heterocycles. The molecular formula is C19H23ClN2O3S. The highest BCUT2D eigenvalue weighted by Crippen LogP contribution is 2.28. The molecule has 2 aromatic rings. The zero-order valence-electron chi connectivity index (χ0n) is 15.1. The van der Waals surface area contributed by atoms with Crippen LogP contribution in [0.2, 0.25) is 5.02 Å². The summed E-state index contributed by atoms with van der Waals surface area (Å²) in [5.41, 5.74) is 1.10. The molecule has 0 fully saturated rings. The van der Waals surface area contributed by atoms with Crippen molar-refractivity contribution in [1.82, 2.24) is 5.32 Å². The Balaban J connectivity index is 2.43. The fourth-order valence-corrected chi connectivity index (χ4v) is 4.16. The Kier molecular flexibility index (Phi) is 6.67. The van der Waals surface area contributed by atoms with Crippen LogP contribution >= 0.6 is 11.6 Å². The Bertz CT molecular complexity index is 868. The summed E-state index contributed by atoms with van der Waals surface area (Å²) in [5.74, 6) is -0.0806. The van der Waals surface area contributed by atoms with Crippen molar-refractivity contribution in [2.45, 2.75) is 25.7 Å². The Morgan fingerprint density at radius 3 is 2.38 bits per heavy atom. The van der Waals surface area contributed by atoms with Crippen molar-refractivity contribution in [2.24, 2.45) is 5.92 Å². The molecule has 140 valence electrons. The molecule has 7 heteroatoms. The lowest BCUT2D eigenvalue weighted by atomic mass is 10.2. The quantitative estimate of drug-likeness (QED) is 0.779. The van der Waals surface area contributed by atoms with E-state index in [-0.39, 0.29) is 23.3 Å². The van der Waals surface area contributed by atoms with Crippen molar-refractivity contribution in [3.8, 4) is 0 Å². The van der Waals surface area contributed by atoms with E-state index in [1.165, 1.54) is 12.1 Å². The van der Waals surface area contributed by atoms with Gasteiger partial charge in [-0.25, -0.2) is 8.42 Å². The Morgan fingerprint density at radius 1 is 1.15 bits per heavy atom. The van der Waals surface area contributed by atoms with Crippen LogP contribution < -0.4 is 9.62 Å². The van der Waals surface area contributed by atoms with Gasteiger partial charge in [-0.1, -0.05) is 43.6 Å². The third-order valence-corrected chi connectivity index (χ3v) is 5.76. The number of sulfonamides is 1. The summed E-state index contributed by atoms with van der Waals surface area (Å²) >= 11 is 6.00. The zero-order chi connectivity index (χ0) is 19.3. The standard InChI is InChI=1S/C19H23ClN2O3S/c1-14(2)12-21-19(23)13-22(18-10-9-16(20)11-15(18)3)26(24,25)17-7-5-4-6-8-17/h4-11,14H,12-13H2,1-3H3,(H,21,23). The van der Waals surface area contributed by atoms with Gasteiger partial charge < -0.3 is 5.32 Å². The molecule has 0 radical (unpaired) electrons. The summed E-state index contributed by atoms with van der Waals surface area (Å²) in [6.07, 6.45) is 0. The molecule has 2 aromatic carbocycles. The molecule has 0 aliphatic carbocycles. The summed E-state index contributed by atoms with van der Waals surface area (Å²) in [5, 5.41) is 3.27. The van der Waals surface area contributed by atoms with Crippen molar-refractivity contribution in [2.75, 3.05) is 17.4 Å². The van der Waals surface area contributed by atoms with Crippen LogP contribution in [0.3, 0.4) is 0 Å². The van der Waals surface area contributed by atoms with Crippen LogP contribution in [0.5, 0.6) is 0 Å². The molecule has 0 spiro atoms. The first-order chi connectivity index (χ1) is 12.2. The number of anilines is 1. The minimum Gasteiger partial charge on any atom is -0.354 e. The first-order valence-corrected chi connectivity index (χ1v) is 10.1. The van der Waals surface area contributed by atoms with Gasteiger partial charge in [-0.2, -0.15) is 0 Å². The largest absolute Gasteiger partial charge is 0.354 e. The number of hydrogen-bond acceptors (Lipinski definition) is 3. The average Bonchev–Trinajstić information content (AvgIpc) is 2.59. The number of carbonyl (C=O) groups excluding carboxylic acids is 1. The first-order valence-electron chi connectivity index (χ1n) is 8.32. The van der Waals surface area contributed by atoms with Gasteiger partial charge >= 0.3 is 0 Å². The van der Waals surface area contributed by atoms with E-state index in [2.05, 4.69) is 5.32 Å². The minimum atomic E-state index is -3.89. The third kappa shape index (κ3) is 4.99. The minimum absolute atomic E-state index is 0.131. The average molecular weight is 395 g/mol. The maximum absolute atomic E-state index is 13.2. The van der Waals surface area contributed by atoms with Gasteiger partial charge in [0.1, 0.15) is 6.54 Å². The molecule has 0 aromatic heterocycles. The van der Waals surface area contributed by atoms with E-state index in [1.807, 2.05) is 13.8 Å². The molecule has 0 saturated carbocycles. The molecule has 0 aliphatic heterocycles. The summed E-state index contributed by atoms with van der Waals surface area (Å²) < 4.78 is 27.4. The normalized spacial score (nSPS) is 11.4. The number of benzene rings is 2. The van der Waals surface area contributed by atoms with E-state index in [9.17, 15) is 13.2 Å². The third-order valence-electron chi connectivity index (χ3n) is 3.75. The van der Waals surface area contributed by atoms with Crippen LogP contribution in [0.25, 0.3) is 0 Å². The predicted octanol–water partition coefficient (Wildman–Crippen LogP) is 3.62. The second kappa shape index (κ2) is 8.56. The number of carbonyl (C=O) groups is 1. The van der Waals surface area contributed by atoms with Crippen molar-refractivity contribution < 1.29 is 13.2 Å². The smallest absolute Gasteiger partial charge is 0.264 e. The van der Waals surface area contributed by atoms with Gasteiger partial charge in [0.2, 0.25) is 5.91 Å². The predicted molar refractivity (Wildman–Crippen MR) is 105 cm³/mol. The maximum atomic E-state index is 13.2. The van der Waals surface area contributed by atoms with Crippen LogP contribution in [0.4, 0.5) is 5.69 Å². The van der Waals surface area contributed by atoms with Gasteiger partial charge in [-0.15, -0.1) is 0 Å². The van der Waals surface area contributed by atoms with E-state index >= 15 is 0 Å². The van der Waals surface area contributed by atoms with Crippen molar-refractivity contribution >= 4 is 33.2 Å². The van der Waals surface area contributed by atoms with E-state index < -0.39 is 10.0 Å². The molecule has 1 amide bonds. The summed E-state index contributed by atoms with van der Waals surface area (Å²) in [4.78, 5) is 12.5. The van der Waals surface area contributed by atoms with Crippen LogP contribution in [-0.4, -0.2) is 27.4 Å². The molecule has 5 nitrogen and oxygen atoms in total. The number of nitrogens with zero attached hydrogens (tertiary/aromatic N) is 1. The van der Waals surface area contributed by atoms with E-state index in [4.69, 9.17) is 11.6 Å². The molecule has 0 bridgehead atoms. The second-order valence-corrected chi connectivity index (χ2v) is 8.75. The van der Waals surface area contributed by atoms with Gasteiger partial charge in [0, 0.05) is 11.6 Å². The fraction of sp³-hybridized carbons (Fsp3) is 0.316. The van der Waals surface area contributed by atoms with Gasteiger partial charge in [0.05, 0.1) is 10.6 Å². The lowest BCUT2D eigenvalue weighted by molar-refractivity contribution is -0.119. The highest BCUT2D eigenvalue weighted by molar-refractivity contribution is 7.92. The van der Waals surface area contributed by atoms with Crippen LogP contribution in [-0.2, 0) is 14.8 Å². The second-order valence-electron chi connectivity index (χ2n) is 6.45. The van der Waals surface area contributed by atoms with Crippen LogP contribution in [0.1, 0.15) is 19.4 Å². The Hall–Kier alpha value is -2.05. The van der Waals surface area contributed by atoms with E-state index in [0.29, 0.717) is 22.8 Å². The van der Waals surface area contributed by atoms with Gasteiger partial charge in [0.15, 0.2) is 0 Å². The molecule has 1 N–H and O–H groups in total. The monoisotopic (exact) mass is 394 g/mol. The van der Waals surface area contributed by atoms with E-state index in [0.717, 1.165) is 4.31 Å². The SMILES string of the molecule is Cc1cc(Cl)ccc1N(CC(=O)NCC(C)C)S(=O)(=O)c1ccccc1. The summed E-state index contributed by atoms with van der Waals surface area (Å²) in [6, 6.07) is 13.0. The zero-order valence-corrected chi connectivity index (χ0v) is 16.6. The highest BCUT2D eigenvalue weighted by atomic mass is 35.5. The van der Waals surface area contributed by atoms with Crippen molar-refractivity contribution in [1.29, 1.82) is 0 Å². The van der Waals surface area contributed by atoms with E-state index in [1.54, 1.807) is 43.3 Å².